The third-order valence-corrected chi connectivity index (χ3v) is 4.18. The number of rotatable bonds is 4. The fourth-order valence-electron chi connectivity index (χ4n) is 2.78. The Hall–Kier alpha value is -3.41. The molecule has 0 aliphatic heterocycles. The first-order chi connectivity index (χ1) is 12.6. The van der Waals surface area contributed by atoms with Gasteiger partial charge in [0.15, 0.2) is 11.5 Å². The van der Waals surface area contributed by atoms with E-state index in [1.807, 2.05) is 56.3 Å². The lowest BCUT2D eigenvalue weighted by molar-refractivity contribution is 0.453. The van der Waals surface area contributed by atoms with E-state index in [9.17, 15) is 0 Å². The van der Waals surface area contributed by atoms with Crippen molar-refractivity contribution in [3.63, 3.8) is 0 Å². The van der Waals surface area contributed by atoms with E-state index < -0.39 is 0 Å². The van der Waals surface area contributed by atoms with Gasteiger partial charge in [0.2, 0.25) is 5.88 Å². The third kappa shape index (κ3) is 2.97. The van der Waals surface area contributed by atoms with Gasteiger partial charge in [0.1, 0.15) is 5.75 Å². The summed E-state index contributed by atoms with van der Waals surface area (Å²) in [6.07, 6.45) is 0. The number of hydrogen-bond donors (Lipinski definition) is 0. The summed E-state index contributed by atoms with van der Waals surface area (Å²) in [6, 6.07) is 20.0. The Morgan fingerprint density at radius 3 is 2.50 bits per heavy atom. The molecule has 0 unspecified atom stereocenters. The van der Waals surface area contributed by atoms with E-state index in [4.69, 9.17) is 4.74 Å². The number of aromatic nitrogens is 4. The molecule has 4 rings (SSSR count). The molecule has 130 valence electrons. The van der Waals surface area contributed by atoms with Gasteiger partial charge >= 0.3 is 0 Å². The fraction of sp³-hybridized carbons (Fsp3) is 0.150. The van der Waals surface area contributed by atoms with Gasteiger partial charge in [-0.15, -0.1) is 15.3 Å². The first kappa shape index (κ1) is 16.1. The summed E-state index contributed by atoms with van der Waals surface area (Å²) in [5.74, 6) is 1.96. The molecule has 0 radical (unpaired) electrons. The summed E-state index contributed by atoms with van der Waals surface area (Å²) in [7, 11) is 4.01. The minimum Gasteiger partial charge on any atom is -0.437 e. The zero-order valence-electron chi connectivity index (χ0n) is 14.9. The summed E-state index contributed by atoms with van der Waals surface area (Å²) in [5.41, 5.74) is 3.86. The standard InChI is InChI=1S/C20H19N5O/c1-14-21-22-19-11-12-20(23-25(14)19)26-18-13-16(24(2)3)9-10-17(18)15-7-5-4-6-8-15/h4-13H,1-3H3. The predicted octanol–water partition coefficient (Wildman–Crippen LogP) is 3.96. The first-order valence-electron chi connectivity index (χ1n) is 8.35. The SMILES string of the molecule is Cc1nnc2ccc(Oc3cc(N(C)C)ccc3-c3ccccc3)nn12. The zero-order chi connectivity index (χ0) is 18.1. The number of fused-ring (bicyclic) bond motifs is 1. The van der Waals surface area contributed by atoms with Crippen LogP contribution in [0.25, 0.3) is 16.8 Å². The van der Waals surface area contributed by atoms with Crippen LogP contribution in [0.15, 0.2) is 60.7 Å². The van der Waals surface area contributed by atoms with Gasteiger partial charge in [0.05, 0.1) is 0 Å². The van der Waals surface area contributed by atoms with Crippen molar-refractivity contribution >= 4 is 11.3 Å². The summed E-state index contributed by atoms with van der Waals surface area (Å²) in [6.45, 7) is 1.86. The highest BCUT2D eigenvalue weighted by Gasteiger charge is 2.12. The lowest BCUT2D eigenvalue weighted by Crippen LogP contribution is -2.08. The number of aryl methyl sites for hydroxylation is 1. The Kier molecular flexibility index (Phi) is 4.01. The molecular weight excluding hydrogens is 326 g/mol. The maximum absolute atomic E-state index is 6.17. The van der Waals surface area contributed by atoms with Gasteiger partial charge in [0.25, 0.3) is 0 Å². The first-order valence-corrected chi connectivity index (χ1v) is 8.35. The Bertz CT molecular complexity index is 1060. The molecule has 0 spiro atoms. The van der Waals surface area contributed by atoms with Crippen molar-refractivity contribution in [3.8, 4) is 22.8 Å². The smallest absolute Gasteiger partial charge is 0.237 e. The molecule has 0 atom stereocenters. The quantitative estimate of drug-likeness (QED) is 0.560. The van der Waals surface area contributed by atoms with E-state index in [2.05, 4.69) is 39.6 Å². The number of benzene rings is 2. The number of hydrogen-bond acceptors (Lipinski definition) is 5. The third-order valence-electron chi connectivity index (χ3n) is 4.18. The van der Waals surface area contributed by atoms with Crippen LogP contribution in [0.1, 0.15) is 5.82 Å². The van der Waals surface area contributed by atoms with Crippen LogP contribution in [0.4, 0.5) is 5.69 Å². The molecule has 2 aromatic heterocycles. The van der Waals surface area contributed by atoms with E-state index in [-0.39, 0.29) is 0 Å². The van der Waals surface area contributed by atoms with E-state index in [1.54, 1.807) is 10.6 Å². The molecule has 6 nitrogen and oxygen atoms in total. The number of ether oxygens (including phenoxy) is 1. The van der Waals surface area contributed by atoms with Crippen molar-refractivity contribution in [2.24, 2.45) is 0 Å². The summed E-state index contributed by atoms with van der Waals surface area (Å²) in [4.78, 5) is 2.04. The predicted molar refractivity (Wildman–Crippen MR) is 102 cm³/mol. The molecule has 2 heterocycles. The average molecular weight is 345 g/mol. The summed E-state index contributed by atoms with van der Waals surface area (Å²) >= 11 is 0. The minimum atomic E-state index is 0.494. The highest BCUT2D eigenvalue weighted by atomic mass is 16.5. The summed E-state index contributed by atoms with van der Waals surface area (Å²) in [5, 5.41) is 12.6. The normalized spacial score (nSPS) is 10.9. The fourth-order valence-corrected chi connectivity index (χ4v) is 2.78. The average Bonchev–Trinajstić information content (AvgIpc) is 3.03. The molecule has 4 aromatic rings. The molecule has 0 saturated heterocycles. The topological polar surface area (TPSA) is 55.6 Å². The molecule has 2 aromatic carbocycles. The molecule has 0 bridgehead atoms. The second-order valence-electron chi connectivity index (χ2n) is 6.23. The number of nitrogens with zero attached hydrogens (tertiary/aromatic N) is 5. The molecule has 0 aliphatic rings. The van der Waals surface area contributed by atoms with Gasteiger partial charge in [-0.05, 0) is 30.7 Å². The molecule has 0 saturated carbocycles. The maximum Gasteiger partial charge on any atom is 0.237 e. The van der Waals surface area contributed by atoms with Crippen LogP contribution in [0.2, 0.25) is 0 Å². The molecule has 26 heavy (non-hydrogen) atoms. The van der Waals surface area contributed by atoms with Gasteiger partial charge in [-0.25, -0.2) is 0 Å². The Morgan fingerprint density at radius 2 is 1.73 bits per heavy atom. The monoisotopic (exact) mass is 345 g/mol. The maximum atomic E-state index is 6.17. The lowest BCUT2D eigenvalue weighted by atomic mass is 10.0. The largest absolute Gasteiger partial charge is 0.437 e. The molecule has 0 amide bonds. The second-order valence-corrected chi connectivity index (χ2v) is 6.23. The lowest BCUT2D eigenvalue weighted by Gasteiger charge is -2.17. The Balaban J connectivity index is 1.79. The number of anilines is 1. The van der Waals surface area contributed by atoms with Crippen molar-refractivity contribution in [1.82, 2.24) is 19.8 Å². The van der Waals surface area contributed by atoms with E-state index >= 15 is 0 Å². The van der Waals surface area contributed by atoms with Crippen LogP contribution in [-0.2, 0) is 0 Å². The van der Waals surface area contributed by atoms with E-state index in [1.165, 1.54) is 0 Å². The second kappa shape index (κ2) is 6.48. The highest BCUT2D eigenvalue weighted by molar-refractivity contribution is 5.74. The molecule has 0 fully saturated rings. The van der Waals surface area contributed by atoms with Gasteiger partial charge in [0, 0.05) is 37.5 Å². The molecule has 0 N–H and O–H groups in total. The van der Waals surface area contributed by atoms with Gasteiger partial charge < -0.3 is 9.64 Å². The Labute approximate surface area is 151 Å². The van der Waals surface area contributed by atoms with Gasteiger partial charge in [-0.1, -0.05) is 30.3 Å². The van der Waals surface area contributed by atoms with Crippen molar-refractivity contribution in [2.45, 2.75) is 6.92 Å². The van der Waals surface area contributed by atoms with Crippen molar-refractivity contribution in [2.75, 3.05) is 19.0 Å². The molecular formula is C20H19N5O. The Morgan fingerprint density at radius 1 is 0.923 bits per heavy atom. The minimum absolute atomic E-state index is 0.494. The van der Waals surface area contributed by atoms with Crippen molar-refractivity contribution in [3.05, 3.63) is 66.5 Å². The van der Waals surface area contributed by atoms with Crippen LogP contribution < -0.4 is 9.64 Å². The van der Waals surface area contributed by atoms with Crippen molar-refractivity contribution in [1.29, 1.82) is 0 Å². The van der Waals surface area contributed by atoms with Crippen LogP contribution in [0, 0.1) is 6.92 Å². The van der Waals surface area contributed by atoms with Crippen LogP contribution in [0.5, 0.6) is 11.6 Å². The molecule has 0 aliphatic carbocycles. The zero-order valence-corrected chi connectivity index (χ0v) is 14.9. The van der Waals surface area contributed by atoms with E-state index in [0.717, 1.165) is 28.4 Å². The summed E-state index contributed by atoms with van der Waals surface area (Å²) < 4.78 is 7.85. The molecule has 6 heteroatoms. The van der Waals surface area contributed by atoms with Crippen LogP contribution in [-0.4, -0.2) is 33.9 Å². The van der Waals surface area contributed by atoms with Crippen LogP contribution in [0.3, 0.4) is 0 Å². The highest BCUT2D eigenvalue weighted by Crippen LogP contribution is 2.35. The van der Waals surface area contributed by atoms with Gasteiger partial charge in [-0.2, -0.15) is 4.52 Å². The van der Waals surface area contributed by atoms with Crippen molar-refractivity contribution < 1.29 is 4.74 Å². The van der Waals surface area contributed by atoms with E-state index in [0.29, 0.717) is 11.5 Å². The van der Waals surface area contributed by atoms with Gasteiger partial charge in [-0.3, -0.25) is 0 Å². The van der Waals surface area contributed by atoms with Crippen LogP contribution >= 0.6 is 0 Å².